The standard InChI is InChI=1S/C27H32N4O4/c1-8-26(32)31-21-12-10-9-11-20(21)30-25(29-6)13-16(2)34-24-15-22-19(14-23(24)33-7)27(17(3)28-5)18(4)35-22/h8-15,17,28H,1H2,2-7H3,(H,29,30)(H,31,32). The van der Waals surface area contributed by atoms with E-state index in [0.717, 1.165) is 22.3 Å². The Morgan fingerprint density at radius 2 is 1.86 bits per heavy atom. The normalized spacial score (nSPS) is 12.9. The van der Waals surface area contributed by atoms with E-state index in [2.05, 4.69) is 34.4 Å². The highest BCUT2D eigenvalue weighted by Gasteiger charge is 2.19. The van der Waals surface area contributed by atoms with Crippen LogP contribution in [0.25, 0.3) is 11.0 Å². The number of carbonyl (C=O) groups is 1. The van der Waals surface area contributed by atoms with Gasteiger partial charge in [-0.25, -0.2) is 0 Å². The van der Waals surface area contributed by atoms with E-state index in [9.17, 15) is 4.79 Å². The van der Waals surface area contributed by atoms with Gasteiger partial charge in [0.25, 0.3) is 0 Å². The predicted molar refractivity (Wildman–Crippen MR) is 142 cm³/mol. The van der Waals surface area contributed by atoms with Crippen molar-refractivity contribution >= 4 is 34.1 Å². The molecule has 1 heterocycles. The molecule has 8 heteroatoms. The van der Waals surface area contributed by atoms with E-state index in [4.69, 9.17) is 13.9 Å². The number of aliphatic imine (C=N–C) groups is 1. The van der Waals surface area contributed by atoms with Crippen LogP contribution < -0.4 is 25.4 Å². The molecule has 2 aromatic carbocycles. The van der Waals surface area contributed by atoms with Crippen LogP contribution in [-0.2, 0) is 4.79 Å². The Balaban J connectivity index is 1.87. The summed E-state index contributed by atoms with van der Waals surface area (Å²) in [6, 6.07) is 11.2. The Labute approximate surface area is 205 Å². The summed E-state index contributed by atoms with van der Waals surface area (Å²) in [5.74, 6) is 2.79. The summed E-state index contributed by atoms with van der Waals surface area (Å²) >= 11 is 0. The first-order valence-electron chi connectivity index (χ1n) is 11.2. The van der Waals surface area contributed by atoms with Gasteiger partial charge in [-0.3, -0.25) is 9.79 Å². The number of ether oxygens (including phenoxy) is 2. The molecule has 8 nitrogen and oxygen atoms in total. The van der Waals surface area contributed by atoms with Crippen molar-refractivity contribution in [2.24, 2.45) is 4.99 Å². The highest BCUT2D eigenvalue weighted by Crippen LogP contribution is 2.39. The molecule has 0 saturated carbocycles. The third kappa shape index (κ3) is 5.91. The molecule has 0 aliphatic heterocycles. The third-order valence-electron chi connectivity index (χ3n) is 5.55. The fourth-order valence-electron chi connectivity index (χ4n) is 3.74. The van der Waals surface area contributed by atoms with Gasteiger partial charge >= 0.3 is 0 Å². The van der Waals surface area contributed by atoms with Gasteiger partial charge in [0.05, 0.1) is 18.5 Å². The molecule has 3 rings (SSSR count). The Kier molecular flexibility index (Phi) is 8.33. The number of aryl methyl sites for hydroxylation is 1. The molecule has 3 N–H and O–H groups in total. The molecule has 1 atom stereocenters. The summed E-state index contributed by atoms with van der Waals surface area (Å²) in [5, 5.41) is 10.2. The average Bonchev–Trinajstić information content (AvgIpc) is 3.17. The third-order valence-corrected chi connectivity index (χ3v) is 5.55. The number of nitrogens with zero attached hydrogens (tertiary/aromatic N) is 1. The van der Waals surface area contributed by atoms with E-state index in [1.807, 2.05) is 51.2 Å². The lowest BCUT2D eigenvalue weighted by Crippen LogP contribution is -2.14. The highest BCUT2D eigenvalue weighted by atomic mass is 16.5. The van der Waals surface area contributed by atoms with Crippen molar-refractivity contribution in [3.63, 3.8) is 0 Å². The summed E-state index contributed by atoms with van der Waals surface area (Å²) in [4.78, 5) is 16.1. The van der Waals surface area contributed by atoms with Crippen molar-refractivity contribution in [2.45, 2.75) is 26.8 Å². The average molecular weight is 477 g/mol. The van der Waals surface area contributed by atoms with Gasteiger partial charge in [-0.05, 0) is 52.1 Å². The van der Waals surface area contributed by atoms with Crippen molar-refractivity contribution < 1.29 is 18.7 Å². The SMILES string of the molecule is C=CC(=O)Nc1ccccc1NC(C=C(C)Oc1cc2oc(C)c(C(C)NC)c2cc1OC)=NC. The molecule has 0 bridgehead atoms. The number of hydrogen-bond donors (Lipinski definition) is 3. The first-order valence-corrected chi connectivity index (χ1v) is 11.2. The molecule has 0 aliphatic carbocycles. The van der Waals surface area contributed by atoms with Gasteiger partial charge in [0.2, 0.25) is 5.91 Å². The Morgan fingerprint density at radius 3 is 2.46 bits per heavy atom. The van der Waals surface area contributed by atoms with Crippen LogP contribution in [-0.4, -0.2) is 32.9 Å². The number of allylic oxidation sites excluding steroid dienone is 1. The summed E-state index contributed by atoms with van der Waals surface area (Å²) in [6.07, 6.45) is 2.98. The molecular formula is C27H32N4O4. The van der Waals surface area contributed by atoms with Crippen LogP contribution >= 0.6 is 0 Å². The second-order valence-corrected chi connectivity index (χ2v) is 7.91. The van der Waals surface area contributed by atoms with Gasteiger partial charge < -0.3 is 29.8 Å². The largest absolute Gasteiger partial charge is 0.493 e. The minimum absolute atomic E-state index is 0.128. The monoisotopic (exact) mass is 476 g/mol. The minimum atomic E-state index is -0.299. The van der Waals surface area contributed by atoms with E-state index in [1.165, 1.54) is 6.08 Å². The first-order chi connectivity index (χ1) is 16.8. The number of carbonyl (C=O) groups excluding carboxylic acids is 1. The molecule has 1 amide bonds. The van der Waals surface area contributed by atoms with Gasteiger partial charge in [-0.1, -0.05) is 18.7 Å². The van der Waals surface area contributed by atoms with Crippen LogP contribution in [0.3, 0.4) is 0 Å². The number of rotatable bonds is 9. The number of hydrogen-bond acceptors (Lipinski definition) is 6. The zero-order valence-corrected chi connectivity index (χ0v) is 21.0. The Morgan fingerprint density at radius 1 is 1.17 bits per heavy atom. The zero-order valence-electron chi connectivity index (χ0n) is 21.0. The van der Waals surface area contributed by atoms with Crippen molar-refractivity contribution in [2.75, 3.05) is 31.8 Å². The molecule has 0 saturated heterocycles. The van der Waals surface area contributed by atoms with E-state index in [0.29, 0.717) is 34.5 Å². The van der Waals surface area contributed by atoms with Crippen LogP contribution in [0, 0.1) is 6.92 Å². The maximum atomic E-state index is 11.8. The first kappa shape index (κ1) is 25.6. The second-order valence-electron chi connectivity index (χ2n) is 7.91. The summed E-state index contributed by atoms with van der Waals surface area (Å²) in [6.45, 7) is 9.35. The molecule has 0 spiro atoms. The van der Waals surface area contributed by atoms with Gasteiger partial charge in [0, 0.05) is 36.2 Å². The maximum Gasteiger partial charge on any atom is 0.247 e. The molecule has 3 aromatic rings. The predicted octanol–water partition coefficient (Wildman–Crippen LogP) is 5.58. The number of amides is 1. The smallest absolute Gasteiger partial charge is 0.247 e. The fraction of sp³-hybridized carbons (Fsp3) is 0.259. The lowest BCUT2D eigenvalue weighted by atomic mass is 10.0. The number of methoxy groups -OCH3 is 1. The van der Waals surface area contributed by atoms with E-state index in [1.54, 1.807) is 26.3 Å². The Hall–Kier alpha value is -4.04. The summed E-state index contributed by atoms with van der Waals surface area (Å²) in [5.41, 5.74) is 3.10. The molecule has 0 aliphatic rings. The molecule has 184 valence electrons. The Bertz CT molecular complexity index is 1290. The van der Waals surface area contributed by atoms with Crippen LogP contribution in [0.5, 0.6) is 11.5 Å². The van der Waals surface area contributed by atoms with Crippen molar-refractivity contribution in [1.82, 2.24) is 5.32 Å². The number of amidine groups is 1. The van der Waals surface area contributed by atoms with Gasteiger partial charge in [-0.15, -0.1) is 0 Å². The number of nitrogens with one attached hydrogen (secondary N) is 3. The summed E-state index contributed by atoms with van der Waals surface area (Å²) in [7, 11) is 5.19. The fourth-order valence-corrected chi connectivity index (χ4v) is 3.74. The van der Waals surface area contributed by atoms with E-state index >= 15 is 0 Å². The topological polar surface area (TPSA) is 97.1 Å². The molecule has 0 fully saturated rings. The number of fused-ring (bicyclic) bond motifs is 1. The van der Waals surface area contributed by atoms with Crippen molar-refractivity contribution in [3.05, 3.63) is 72.2 Å². The molecule has 1 aromatic heterocycles. The molecule has 0 radical (unpaired) electrons. The molecular weight excluding hydrogens is 444 g/mol. The summed E-state index contributed by atoms with van der Waals surface area (Å²) < 4.78 is 17.7. The van der Waals surface area contributed by atoms with Gasteiger partial charge in [0.1, 0.15) is 22.9 Å². The van der Waals surface area contributed by atoms with Crippen molar-refractivity contribution in [3.8, 4) is 11.5 Å². The van der Waals surface area contributed by atoms with Crippen molar-refractivity contribution in [1.29, 1.82) is 0 Å². The lowest BCUT2D eigenvalue weighted by Gasteiger charge is -2.14. The van der Waals surface area contributed by atoms with E-state index in [-0.39, 0.29) is 11.9 Å². The maximum absolute atomic E-state index is 11.8. The number of para-hydroxylation sites is 2. The van der Waals surface area contributed by atoms with Crippen LogP contribution in [0.15, 0.2) is 70.3 Å². The zero-order chi connectivity index (χ0) is 25.5. The lowest BCUT2D eigenvalue weighted by molar-refractivity contribution is -0.111. The van der Waals surface area contributed by atoms with Gasteiger partial charge in [-0.2, -0.15) is 0 Å². The van der Waals surface area contributed by atoms with Gasteiger partial charge in [0.15, 0.2) is 11.5 Å². The molecule has 1 unspecified atom stereocenters. The number of furan rings is 1. The second kappa shape index (κ2) is 11.4. The van der Waals surface area contributed by atoms with Crippen LogP contribution in [0.4, 0.5) is 11.4 Å². The molecule has 35 heavy (non-hydrogen) atoms. The van der Waals surface area contributed by atoms with Crippen LogP contribution in [0.2, 0.25) is 0 Å². The minimum Gasteiger partial charge on any atom is -0.493 e. The quantitative estimate of drug-likeness (QED) is 0.162. The number of benzene rings is 2. The number of anilines is 2. The highest BCUT2D eigenvalue weighted by molar-refractivity contribution is 6.08. The van der Waals surface area contributed by atoms with Crippen LogP contribution in [0.1, 0.15) is 31.2 Å². The van der Waals surface area contributed by atoms with E-state index < -0.39 is 0 Å².